The van der Waals surface area contributed by atoms with Crippen molar-refractivity contribution in [1.29, 1.82) is 0 Å². The van der Waals surface area contributed by atoms with Crippen LogP contribution in [-0.2, 0) is 0 Å². The monoisotopic (exact) mass is 339 g/mol. The molecule has 2 fully saturated rings. The van der Waals surface area contributed by atoms with E-state index in [0.717, 1.165) is 6.42 Å². The fourth-order valence-electron chi connectivity index (χ4n) is 3.54. The lowest BCUT2D eigenvalue weighted by molar-refractivity contribution is -0.385. The molecule has 0 bridgehead atoms. The van der Waals surface area contributed by atoms with Crippen LogP contribution in [-0.4, -0.2) is 15.9 Å². The van der Waals surface area contributed by atoms with Gasteiger partial charge in [-0.1, -0.05) is 41.3 Å². The first kappa shape index (κ1) is 13.9. The molecule has 0 amide bonds. The number of nitro groups is 1. The SMILES string of the molecule is O=[N+]([O-])c1cccc(OC2CC(Br)C23CCCCC3)c1. The van der Waals surface area contributed by atoms with Crippen LogP contribution in [0.1, 0.15) is 38.5 Å². The highest BCUT2D eigenvalue weighted by atomic mass is 79.9. The molecular weight excluding hydrogens is 322 g/mol. The first-order valence-electron chi connectivity index (χ1n) is 7.17. The van der Waals surface area contributed by atoms with Crippen molar-refractivity contribution >= 4 is 21.6 Å². The Kier molecular flexibility index (Phi) is 3.71. The van der Waals surface area contributed by atoms with Gasteiger partial charge in [0.05, 0.1) is 11.0 Å². The van der Waals surface area contributed by atoms with Crippen molar-refractivity contribution in [1.82, 2.24) is 0 Å². The molecule has 2 atom stereocenters. The van der Waals surface area contributed by atoms with Gasteiger partial charge in [0.2, 0.25) is 0 Å². The van der Waals surface area contributed by atoms with Crippen molar-refractivity contribution < 1.29 is 9.66 Å². The zero-order valence-electron chi connectivity index (χ0n) is 11.3. The van der Waals surface area contributed by atoms with Crippen LogP contribution in [0.3, 0.4) is 0 Å². The van der Waals surface area contributed by atoms with Crippen molar-refractivity contribution in [3.05, 3.63) is 34.4 Å². The molecule has 0 heterocycles. The van der Waals surface area contributed by atoms with Gasteiger partial charge in [0.1, 0.15) is 11.9 Å². The third-order valence-corrected chi connectivity index (χ3v) is 6.06. The Morgan fingerprint density at radius 2 is 2.05 bits per heavy atom. The van der Waals surface area contributed by atoms with Gasteiger partial charge in [0.25, 0.3) is 5.69 Å². The number of non-ortho nitro benzene ring substituents is 1. The number of hydrogen-bond acceptors (Lipinski definition) is 3. The molecule has 2 aliphatic rings. The molecule has 108 valence electrons. The quantitative estimate of drug-likeness (QED) is 0.464. The lowest BCUT2D eigenvalue weighted by atomic mass is 9.58. The summed E-state index contributed by atoms with van der Waals surface area (Å²) in [5.41, 5.74) is 0.331. The fourth-order valence-corrected chi connectivity index (χ4v) is 4.64. The summed E-state index contributed by atoms with van der Waals surface area (Å²) in [4.78, 5) is 11.0. The second-order valence-electron chi connectivity index (χ2n) is 5.86. The van der Waals surface area contributed by atoms with Crippen molar-refractivity contribution in [3.63, 3.8) is 0 Å². The second-order valence-corrected chi connectivity index (χ2v) is 6.96. The van der Waals surface area contributed by atoms with E-state index < -0.39 is 0 Å². The minimum Gasteiger partial charge on any atom is -0.490 e. The summed E-state index contributed by atoms with van der Waals surface area (Å²) in [5, 5.41) is 10.8. The van der Waals surface area contributed by atoms with E-state index in [4.69, 9.17) is 4.74 Å². The van der Waals surface area contributed by atoms with Crippen molar-refractivity contribution in [3.8, 4) is 5.75 Å². The van der Waals surface area contributed by atoms with Gasteiger partial charge in [-0.15, -0.1) is 0 Å². The summed E-state index contributed by atoms with van der Waals surface area (Å²) < 4.78 is 6.07. The zero-order chi connectivity index (χ0) is 14.2. The standard InChI is InChI=1S/C15H18BrNO3/c16-13-10-14(15(13)7-2-1-3-8-15)20-12-6-4-5-11(9-12)17(18)19/h4-6,9,13-14H,1-3,7-8,10H2. The predicted octanol–water partition coefficient (Wildman–Crippen LogP) is 4.46. The van der Waals surface area contributed by atoms with Gasteiger partial charge in [0.15, 0.2) is 0 Å². The van der Waals surface area contributed by atoms with Crippen LogP contribution in [0.25, 0.3) is 0 Å². The van der Waals surface area contributed by atoms with Gasteiger partial charge in [0, 0.05) is 16.3 Å². The number of ether oxygens (including phenoxy) is 1. The molecule has 2 saturated carbocycles. The van der Waals surface area contributed by atoms with Crippen molar-refractivity contribution in [2.45, 2.75) is 49.5 Å². The van der Waals surface area contributed by atoms with E-state index in [1.165, 1.54) is 44.2 Å². The maximum absolute atomic E-state index is 10.8. The van der Waals surface area contributed by atoms with E-state index in [-0.39, 0.29) is 22.1 Å². The lowest BCUT2D eigenvalue weighted by Crippen LogP contribution is -2.57. The molecule has 0 saturated heterocycles. The average Bonchev–Trinajstić information content (AvgIpc) is 2.48. The first-order chi connectivity index (χ1) is 9.62. The summed E-state index contributed by atoms with van der Waals surface area (Å²) in [6.45, 7) is 0. The number of hydrogen-bond donors (Lipinski definition) is 0. The highest BCUT2D eigenvalue weighted by molar-refractivity contribution is 9.09. The van der Waals surface area contributed by atoms with E-state index in [1.54, 1.807) is 6.07 Å². The van der Waals surface area contributed by atoms with Crippen LogP contribution in [0.15, 0.2) is 24.3 Å². The van der Waals surface area contributed by atoms with Gasteiger partial charge in [-0.3, -0.25) is 10.1 Å². The molecule has 4 nitrogen and oxygen atoms in total. The number of benzene rings is 1. The molecule has 1 aromatic rings. The number of nitro benzene ring substituents is 1. The molecule has 5 heteroatoms. The Hall–Kier alpha value is -1.10. The van der Waals surface area contributed by atoms with Gasteiger partial charge < -0.3 is 4.74 Å². The summed E-state index contributed by atoms with van der Waals surface area (Å²) in [6, 6.07) is 6.52. The minimum atomic E-state index is -0.378. The lowest BCUT2D eigenvalue weighted by Gasteiger charge is -2.55. The largest absolute Gasteiger partial charge is 0.490 e. The van der Waals surface area contributed by atoms with E-state index in [2.05, 4.69) is 15.9 Å². The smallest absolute Gasteiger partial charge is 0.273 e. The number of alkyl halides is 1. The van der Waals surface area contributed by atoms with Gasteiger partial charge >= 0.3 is 0 Å². The Labute approximate surface area is 126 Å². The Morgan fingerprint density at radius 1 is 1.30 bits per heavy atom. The van der Waals surface area contributed by atoms with Crippen LogP contribution in [0.4, 0.5) is 5.69 Å². The Balaban J connectivity index is 1.74. The second kappa shape index (κ2) is 5.35. The van der Waals surface area contributed by atoms with E-state index in [9.17, 15) is 10.1 Å². The minimum absolute atomic E-state index is 0.0925. The maximum atomic E-state index is 10.8. The summed E-state index contributed by atoms with van der Waals surface area (Å²) in [7, 11) is 0. The molecule has 0 aliphatic heterocycles. The van der Waals surface area contributed by atoms with Crippen LogP contribution in [0.2, 0.25) is 0 Å². The molecule has 1 spiro atoms. The molecule has 2 unspecified atom stereocenters. The molecule has 3 rings (SSSR count). The van der Waals surface area contributed by atoms with Crippen LogP contribution in [0, 0.1) is 15.5 Å². The van der Waals surface area contributed by atoms with Crippen molar-refractivity contribution in [2.24, 2.45) is 5.41 Å². The third-order valence-electron chi connectivity index (χ3n) is 4.78. The molecule has 1 aromatic carbocycles. The predicted molar refractivity (Wildman–Crippen MR) is 80.4 cm³/mol. The zero-order valence-corrected chi connectivity index (χ0v) is 12.8. The molecule has 20 heavy (non-hydrogen) atoms. The molecular formula is C15H18BrNO3. The summed E-state index contributed by atoms with van der Waals surface area (Å²) in [5.74, 6) is 0.619. The Bertz CT molecular complexity index is 514. The van der Waals surface area contributed by atoms with Gasteiger partial charge in [-0.25, -0.2) is 0 Å². The van der Waals surface area contributed by atoms with E-state index in [0.29, 0.717) is 10.6 Å². The van der Waals surface area contributed by atoms with Gasteiger partial charge in [-0.05, 0) is 25.3 Å². The van der Waals surface area contributed by atoms with Crippen LogP contribution in [0.5, 0.6) is 5.75 Å². The highest BCUT2D eigenvalue weighted by Gasteiger charge is 2.55. The summed E-state index contributed by atoms with van der Waals surface area (Å²) >= 11 is 3.78. The topological polar surface area (TPSA) is 52.4 Å². The average molecular weight is 340 g/mol. The maximum Gasteiger partial charge on any atom is 0.273 e. The Morgan fingerprint density at radius 3 is 2.70 bits per heavy atom. The van der Waals surface area contributed by atoms with Gasteiger partial charge in [-0.2, -0.15) is 0 Å². The van der Waals surface area contributed by atoms with Crippen molar-refractivity contribution in [2.75, 3.05) is 0 Å². The number of nitrogens with zero attached hydrogens (tertiary/aromatic N) is 1. The van der Waals surface area contributed by atoms with E-state index >= 15 is 0 Å². The fraction of sp³-hybridized carbons (Fsp3) is 0.600. The number of rotatable bonds is 3. The van der Waals surface area contributed by atoms with Crippen LogP contribution >= 0.6 is 15.9 Å². The molecule has 0 N–H and O–H groups in total. The summed E-state index contributed by atoms with van der Waals surface area (Å²) in [6.07, 6.45) is 7.40. The van der Waals surface area contributed by atoms with Crippen LogP contribution < -0.4 is 4.74 Å². The first-order valence-corrected chi connectivity index (χ1v) is 8.08. The molecule has 2 aliphatic carbocycles. The number of halogens is 1. The molecule has 0 radical (unpaired) electrons. The van der Waals surface area contributed by atoms with E-state index in [1.807, 2.05) is 6.07 Å². The highest BCUT2D eigenvalue weighted by Crippen LogP contribution is 2.56. The molecule has 0 aromatic heterocycles. The normalized spacial score (nSPS) is 27.9. The third kappa shape index (κ3) is 2.32.